The fraction of sp³-hybridized carbons (Fsp3) is 0.421. The minimum atomic E-state index is -4.63. The summed E-state index contributed by atoms with van der Waals surface area (Å²) in [5.41, 5.74) is 2.75. The highest BCUT2D eigenvalue weighted by Gasteiger charge is 2.58. The van der Waals surface area contributed by atoms with Gasteiger partial charge in [0.1, 0.15) is 23.9 Å². The molecule has 8 nitrogen and oxygen atoms in total. The van der Waals surface area contributed by atoms with Crippen molar-refractivity contribution in [3.8, 4) is 0 Å². The second-order valence-electron chi connectivity index (χ2n) is 7.38. The van der Waals surface area contributed by atoms with Gasteiger partial charge in [0.2, 0.25) is 5.88 Å². The third kappa shape index (κ3) is 3.18. The van der Waals surface area contributed by atoms with Crippen LogP contribution >= 0.6 is 0 Å². The van der Waals surface area contributed by atoms with E-state index < -0.39 is 48.3 Å². The summed E-state index contributed by atoms with van der Waals surface area (Å²) in [7, 11) is 0. The second kappa shape index (κ2) is 7.01. The van der Waals surface area contributed by atoms with Crippen LogP contribution in [0.25, 0.3) is 0 Å². The molecule has 0 bridgehead atoms. The Balaban J connectivity index is 1.76. The Labute approximate surface area is 169 Å². The Morgan fingerprint density at radius 1 is 1.27 bits per heavy atom. The monoisotopic (exact) mass is 424 g/mol. The average Bonchev–Trinajstić information content (AvgIpc) is 3.23. The number of hydrogen-bond donors (Lipinski definition) is 3. The quantitative estimate of drug-likeness (QED) is 0.622. The lowest BCUT2D eigenvalue weighted by molar-refractivity contribution is -0.161. The third-order valence-corrected chi connectivity index (χ3v) is 5.43. The van der Waals surface area contributed by atoms with Gasteiger partial charge in [0, 0.05) is 0 Å². The molecule has 3 unspecified atom stereocenters. The summed E-state index contributed by atoms with van der Waals surface area (Å²) in [4.78, 5) is 28.8. The molecule has 2 saturated heterocycles. The number of ether oxygens (including phenoxy) is 1. The van der Waals surface area contributed by atoms with E-state index >= 15 is 0 Å². The van der Waals surface area contributed by atoms with Crippen LogP contribution in [0.5, 0.6) is 0 Å². The predicted molar refractivity (Wildman–Crippen MR) is 98.0 cm³/mol. The molecule has 2 fully saturated rings. The molecule has 1 amide bonds. The highest BCUT2D eigenvalue weighted by molar-refractivity contribution is 6.22. The number of carbonyl (C=O) groups is 2. The van der Waals surface area contributed by atoms with Crippen molar-refractivity contribution in [3.63, 3.8) is 0 Å². The van der Waals surface area contributed by atoms with Gasteiger partial charge in [-0.15, -0.1) is 0 Å². The van der Waals surface area contributed by atoms with Crippen LogP contribution in [0.15, 0.2) is 46.8 Å². The number of nitrogens with one attached hydrogen (secondary N) is 2. The number of halogens is 3. The first-order valence-electron chi connectivity index (χ1n) is 9.26. The van der Waals surface area contributed by atoms with E-state index in [9.17, 15) is 27.9 Å². The maximum absolute atomic E-state index is 13.8. The molecule has 30 heavy (non-hydrogen) atoms. The number of carboxylic acid groups (broad SMARTS) is 1. The molecule has 0 spiro atoms. The highest BCUT2D eigenvalue weighted by atomic mass is 19.4. The van der Waals surface area contributed by atoms with Crippen molar-refractivity contribution in [1.82, 2.24) is 15.8 Å². The number of fused-ring (bicyclic) bond motifs is 1. The molecule has 1 aromatic rings. The molecule has 5 atom stereocenters. The topological polar surface area (TPSA) is 103 Å². The summed E-state index contributed by atoms with van der Waals surface area (Å²) in [6, 6.07) is 4.99. The van der Waals surface area contributed by atoms with Gasteiger partial charge in [-0.25, -0.2) is 15.2 Å². The van der Waals surface area contributed by atoms with E-state index in [0.29, 0.717) is 5.56 Å². The van der Waals surface area contributed by atoms with Gasteiger partial charge in [-0.05, 0) is 19.4 Å². The van der Waals surface area contributed by atoms with Crippen LogP contribution in [0, 0.1) is 0 Å². The van der Waals surface area contributed by atoms with Crippen LogP contribution < -0.4 is 10.7 Å². The maximum Gasteiger partial charge on any atom is 0.406 e. The number of hydrazine groups is 1. The lowest BCUT2D eigenvalue weighted by Gasteiger charge is -2.30. The van der Waals surface area contributed by atoms with Crippen LogP contribution in [0.1, 0.15) is 25.3 Å². The Morgan fingerprint density at radius 2 is 1.93 bits per heavy atom. The van der Waals surface area contributed by atoms with Crippen LogP contribution in [-0.4, -0.2) is 58.2 Å². The lowest BCUT2D eigenvalue weighted by atomic mass is 9.89. The van der Waals surface area contributed by atoms with E-state index in [4.69, 9.17) is 4.74 Å². The maximum atomic E-state index is 13.8. The minimum Gasteiger partial charge on any atom is -0.480 e. The molecule has 3 heterocycles. The van der Waals surface area contributed by atoms with Gasteiger partial charge in [0.25, 0.3) is 5.91 Å². The van der Waals surface area contributed by atoms with Gasteiger partial charge in [-0.1, -0.05) is 30.3 Å². The molecule has 160 valence electrons. The fourth-order valence-corrected chi connectivity index (χ4v) is 4.01. The highest BCUT2D eigenvalue weighted by Crippen LogP contribution is 2.43. The molecule has 0 aliphatic carbocycles. The molecular formula is C19H19F3N4O4. The van der Waals surface area contributed by atoms with Gasteiger partial charge >= 0.3 is 12.1 Å². The van der Waals surface area contributed by atoms with Crippen molar-refractivity contribution >= 4 is 17.6 Å². The van der Waals surface area contributed by atoms with Gasteiger partial charge in [-0.3, -0.25) is 9.79 Å². The van der Waals surface area contributed by atoms with E-state index in [1.165, 1.54) is 13.8 Å². The zero-order chi connectivity index (χ0) is 21.8. The van der Waals surface area contributed by atoms with Crippen molar-refractivity contribution in [3.05, 3.63) is 47.4 Å². The van der Waals surface area contributed by atoms with E-state index in [1.807, 2.05) is 0 Å². The van der Waals surface area contributed by atoms with Crippen LogP contribution in [0.2, 0.25) is 0 Å². The predicted octanol–water partition coefficient (Wildman–Crippen LogP) is 1.52. The van der Waals surface area contributed by atoms with Gasteiger partial charge < -0.3 is 15.2 Å². The summed E-state index contributed by atoms with van der Waals surface area (Å²) in [6.45, 7) is 3.01. The van der Waals surface area contributed by atoms with Crippen molar-refractivity contribution in [2.75, 3.05) is 0 Å². The normalized spacial score (nSPS) is 33.6. The van der Waals surface area contributed by atoms with E-state index in [0.717, 1.165) is 5.01 Å². The van der Waals surface area contributed by atoms with Crippen LogP contribution in [-0.2, 0) is 14.3 Å². The fourth-order valence-electron chi connectivity index (χ4n) is 4.01. The zero-order valence-corrected chi connectivity index (χ0v) is 16.0. The van der Waals surface area contributed by atoms with Crippen molar-refractivity contribution in [1.29, 1.82) is 0 Å². The zero-order valence-electron chi connectivity index (χ0n) is 16.0. The number of alkyl halides is 3. The summed E-state index contributed by atoms with van der Waals surface area (Å²) in [5.74, 6) is -3.18. The summed E-state index contributed by atoms with van der Waals surface area (Å²) < 4.78 is 46.8. The van der Waals surface area contributed by atoms with Crippen LogP contribution in [0.3, 0.4) is 0 Å². The molecular weight excluding hydrogens is 405 g/mol. The molecule has 4 rings (SSSR count). The number of benzene rings is 1. The smallest absolute Gasteiger partial charge is 0.406 e. The number of rotatable bonds is 2. The van der Waals surface area contributed by atoms with Gasteiger partial charge in [-0.2, -0.15) is 13.2 Å². The standard InChI is InChI=1S/C19H19F3N4O4/c1-8-11(16-24-13(18(28)29)9(2)30-16)17(27)26-15(23-8)12(10-6-4-3-5-7-10)14(25-26)19(20,21)22/h3-7,9,12-15,24-25H,1-2H3,(H,28,29)/b16-11-/t9-,12?,13+,14?,15?/m0/s1. The molecule has 3 aliphatic heterocycles. The number of amides is 1. The largest absolute Gasteiger partial charge is 0.480 e. The average molecular weight is 424 g/mol. The summed E-state index contributed by atoms with van der Waals surface area (Å²) in [6.07, 6.45) is -6.50. The van der Waals surface area contributed by atoms with E-state index in [-0.39, 0.29) is 17.2 Å². The Morgan fingerprint density at radius 3 is 2.50 bits per heavy atom. The number of hydrogen-bond acceptors (Lipinski definition) is 6. The van der Waals surface area contributed by atoms with Crippen molar-refractivity contribution < 1.29 is 32.6 Å². The van der Waals surface area contributed by atoms with Crippen molar-refractivity contribution in [2.45, 2.75) is 50.3 Å². The summed E-state index contributed by atoms with van der Waals surface area (Å²) in [5, 5.41) is 12.7. The third-order valence-electron chi connectivity index (χ3n) is 5.43. The number of carboxylic acids is 1. The van der Waals surface area contributed by atoms with E-state index in [2.05, 4.69) is 15.7 Å². The number of carbonyl (C=O) groups excluding carboxylic acids is 1. The number of nitrogens with zero attached hydrogens (tertiary/aromatic N) is 2. The Bertz CT molecular complexity index is 947. The Kier molecular flexibility index (Phi) is 4.72. The molecule has 0 saturated carbocycles. The molecule has 3 aliphatic rings. The lowest BCUT2D eigenvalue weighted by Crippen LogP contribution is -2.50. The second-order valence-corrected chi connectivity index (χ2v) is 7.38. The number of aliphatic imine (C=N–C) groups is 1. The van der Waals surface area contributed by atoms with E-state index in [1.54, 1.807) is 30.3 Å². The van der Waals surface area contributed by atoms with Crippen molar-refractivity contribution in [2.24, 2.45) is 4.99 Å². The van der Waals surface area contributed by atoms with Crippen LogP contribution in [0.4, 0.5) is 13.2 Å². The first-order chi connectivity index (χ1) is 14.1. The Hall–Kier alpha value is -3.08. The van der Waals surface area contributed by atoms with Gasteiger partial charge in [0.15, 0.2) is 6.04 Å². The molecule has 1 aromatic carbocycles. The first-order valence-corrected chi connectivity index (χ1v) is 9.26. The SMILES string of the molecule is CC1=NC2C(c3ccccc3)C(C(F)(F)F)NN2C(=O)/C1=C1/N[C@@H](C(=O)O)[C@H](C)O1. The molecule has 0 aromatic heterocycles. The number of aliphatic carboxylic acids is 1. The molecule has 3 N–H and O–H groups in total. The molecule has 11 heteroatoms. The minimum absolute atomic E-state index is 0.0935. The van der Waals surface area contributed by atoms with Gasteiger partial charge in [0.05, 0.1) is 11.6 Å². The first kappa shape index (κ1) is 20.2. The molecule has 0 radical (unpaired) electrons. The summed E-state index contributed by atoms with van der Waals surface area (Å²) >= 11 is 0.